The predicted octanol–water partition coefficient (Wildman–Crippen LogP) is 1.00. The Hall–Kier alpha value is -0.0400. The van der Waals surface area contributed by atoms with E-state index in [1.54, 1.807) is 0 Å². The maximum Gasteiger partial charge on any atom is 0.00648 e. The fourth-order valence-electron chi connectivity index (χ4n) is 0.990. The summed E-state index contributed by atoms with van der Waals surface area (Å²) in [5.41, 5.74) is 0. The van der Waals surface area contributed by atoms with E-state index in [9.17, 15) is 0 Å². The molecule has 0 amide bonds. The van der Waals surface area contributed by atoms with Gasteiger partial charge in [-0.25, -0.2) is 0 Å². The molecule has 1 unspecified atom stereocenters. The summed E-state index contributed by atoms with van der Waals surface area (Å²) in [6.45, 7) is 5.77. The molecule has 0 bridgehead atoms. The Kier molecular flexibility index (Phi) is 1.33. The van der Waals surface area contributed by atoms with Gasteiger partial charge in [0.25, 0.3) is 0 Å². The Balaban J connectivity index is 2.33. The molecule has 0 radical (unpaired) electrons. The molecule has 1 fully saturated rings. The van der Waals surface area contributed by atoms with Gasteiger partial charge in [-0.05, 0) is 25.8 Å². The third kappa shape index (κ3) is 0.942. The zero-order valence-corrected chi connectivity index (χ0v) is 5.07. The highest BCUT2D eigenvalue weighted by Crippen LogP contribution is 2.12. The Morgan fingerprint density at radius 3 is 2.29 bits per heavy atom. The zero-order valence-electron chi connectivity index (χ0n) is 5.07. The molecule has 0 spiro atoms. The molecule has 42 valence electrons. The molecule has 0 aromatic rings. The Bertz CT molecular complexity index is 53.2. The van der Waals surface area contributed by atoms with Crippen LogP contribution in [0, 0.1) is 5.92 Å². The van der Waals surface area contributed by atoms with E-state index in [-0.39, 0.29) is 0 Å². The maximum atomic E-state index is 3.37. The van der Waals surface area contributed by atoms with Crippen LogP contribution in [0.2, 0.25) is 0 Å². The molecule has 2 atom stereocenters. The summed E-state index contributed by atoms with van der Waals surface area (Å²) in [4.78, 5) is 0. The quantitative estimate of drug-likeness (QED) is 0.478. The van der Waals surface area contributed by atoms with Crippen molar-refractivity contribution in [1.29, 1.82) is 0 Å². The first-order valence-electron chi connectivity index (χ1n) is 3.04. The minimum atomic E-state index is 0.764. The topological polar surface area (TPSA) is 12.0 Å². The van der Waals surface area contributed by atoms with Crippen molar-refractivity contribution in [2.45, 2.75) is 26.3 Å². The molecule has 1 N–H and O–H groups in total. The minimum Gasteiger partial charge on any atom is -0.314 e. The van der Waals surface area contributed by atoms with Gasteiger partial charge in [0.1, 0.15) is 0 Å². The van der Waals surface area contributed by atoms with Crippen LogP contribution >= 0.6 is 0 Å². The van der Waals surface area contributed by atoms with E-state index >= 15 is 0 Å². The molecular formula is C6H13N. The van der Waals surface area contributed by atoms with Gasteiger partial charge in [0, 0.05) is 6.04 Å². The van der Waals surface area contributed by atoms with Crippen LogP contribution < -0.4 is 5.32 Å². The van der Waals surface area contributed by atoms with Crippen molar-refractivity contribution in [2.24, 2.45) is 5.92 Å². The van der Waals surface area contributed by atoms with Gasteiger partial charge in [-0.3, -0.25) is 0 Å². The summed E-state index contributed by atoms with van der Waals surface area (Å²) in [5.74, 6) is 0.903. The minimum absolute atomic E-state index is 0.764. The van der Waals surface area contributed by atoms with Gasteiger partial charge in [0.2, 0.25) is 0 Å². The Morgan fingerprint density at radius 1 is 1.43 bits per heavy atom. The highest BCUT2D eigenvalue weighted by Gasteiger charge is 2.16. The zero-order chi connectivity index (χ0) is 5.28. The molecule has 1 aliphatic heterocycles. The highest BCUT2D eigenvalue weighted by molar-refractivity contribution is 4.75. The van der Waals surface area contributed by atoms with E-state index in [2.05, 4.69) is 19.2 Å². The summed E-state index contributed by atoms with van der Waals surface area (Å²) in [6, 6.07) is 0.764. The normalized spacial score (nSPS) is 42.0. The van der Waals surface area contributed by atoms with Crippen molar-refractivity contribution in [3.63, 3.8) is 0 Å². The van der Waals surface area contributed by atoms with E-state index in [1.165, 1.54) is 13.0 Å². The van der Waals surface area contributed by atoms with Gasteiger partial charge in [-0.2, -0.15) is 0 Å². The molecule has 1 heteroatoms. The van der Waals surface area contributed by atoms with E-state index < -0.39 is 0 Å². The smallest absolute Gasteiger partial charge is 0.00648 e. The summed E-state index contributed by atoms with van der Waals surface area (Å²) >= 11 is 0. The van der Waals surface area contributed by atoms with Crippen LogP contribution in [-0.2, 0) is 0 Å². The molecule has 0 aromatic carbocycles. The van der Waals surface area contributed by atoms with Crippen LogP contribution in [0.3, 0.4) is 0 Å². The lowest BCUT2D eigenvalue weighted by Gasteiger charge is -2.05. The average molecular weight is 99.2 g/mol. The van der Waals surface area contributed by atoms with Crippen molar-refractivity contribution in [3.8, 4) is 0 Å². The average Bonchev–Trinajstić information content (AvgIpc) is 1.91. The fraction of sp³-hybridized carbons (Fsp3) is 1.00. The lowest BCUT2D eigenvalue weighted by molar-refractivity contribution is 0.519. The van der Waals surface area contributed by atoms with E-state index in [0.29, 0.717) is 0 Å². The lowest BCUT2D eigenvalue weighted by atomic mass is 10.1. The number of hydrogen-bond donors (Lipinski definition) is 1. The second-order valence-corrected chi connectivity index (χ2v) is 2.51. The van der Waals surface area contributed by atoms with Gasteiger partial charge < -0.3 is 5.32 Å². The molecule has 1 rings (SSSR count). The molecule has 0 saturated carbocycles. The monoisotopic (exact) mass is 99.1 g/mol. The molecular weight excluding hydrogens is 86.1 g/mol. The first kappa shape index (κ1) is 5.10. The third-order valence-corrected chi connectivity index (χ3v) is 1.92. The molecule has 7 heavy (non-hydrogen) atoms. The van der Waals surface area contributed by atoms with Crippen LogP contribution in [0.4, 0.5) is 0 Å². The van der Waals surface area contributed by atoms with E-state index in [0.717, 1.165) is 12.0 Å². The molecule has 1 heterocycles. The number of hydrogen-bond acceptors (Lipinski definition) is 1. The largest absolute Gasteiger partial charge is 0.314 e. The summed E-state index contributed by atoms with van der Waals surface area (Å²) < 4.78 is 0. The standard InChI is InChI=1S/C6H13N/c1-5-3-4-7-6(5)2/h5-7H,3-4H2,1-2H3/t5-,6?/m0/s1. The maximum absolute atomic E-state index is 3.37. The summed E-state index contributed by atoms with van der Waals surface area (Å²) in [7, 11) is 0. The van der Waals surface area contributed by atoms with Crippen LogP contribution in [-0.4, -0.2) is 12.6 Å². The van der Waals surface area contributed by atoms with Crippen LogP contribution in [0.25, 0.3) is 0 Å². The molecule has 0 aromatic heterocycles. The predicted molar refractivity (Wildman–Crippen MR) is 31.2 cm³/mol. The van der Waals surface area contributed by atoms with Crippen LogP contribution in [0.15, 0.2) is 0 Å². The lowest BCUT2D eigenvalue weighted by Crippen LogP contribution is -2.20. The first-order valence-corrected chi connectivity index (χ1v) is 3.04. The third-order valence-electron chi connectivity index (χ3n) is 1.92. The van der Waals surface area contributed by atoms with E-state index in [4.69, 9.17) is 0 Å². The van der Waals surface area contributed by atoms with Crippen molar-refractivity contribution < 1.29 is 0 Å². The molecule has 1 aliphatic rings. The summed E-state index contributed by atoms with van der Waals surface area (Å²) in [5, 5.41) is 3.37. The summed E-state index contributed by atoms with van der Waals surface area (Å²) in [6.07, 6.45) is 1.36. The van der Waals surface area contributed by atoms with Gasteiger partial charge in [0.05, 0.1) is 0 Å². The van der Waals surface area contributed by atoms with Crippen molar-refractivity contribution in [1.82, 2.24) is 5.32 Å². The van der Waals surface area contributed by atoms with Crippen molar-refractivity contribution in [3.05, 3.63) is 0 Å². The SMILES string of the molecule is CC1NCC[C@@H]1C. The number of rotatable bonds is 0. The van der Waals surface area contributed by atoms with Crippen LogP contribution in [0.5, 0.6) is 0 Å². The van der Waals surface area contributed by atoms with Gasteiger partial charge in [-0.1, -0.05) is 6.92 Å². The Labute approximate surface area is 45.1 Å². The van der Waals surface area contributed by atoms with Gasteiger partial charge >= 0.3 is 0 Å². The molecule has 0 aliphatic carbocycles. The second kappa shape index (κ2) is 1.83. The second-order valence-electron chi connectivity index (χ2n) is 2.51. The van der Waals surface area contributed by atoms with Crippen molar-refractivity contribution >= 4 is 0 Å². The van der Waals surface area contributed by atoms with Crippen LogP contribution in [0.1, 0.15) is 20.3 Å². The molecule has 1 saturated heterocycles. The van der Waals surface area contributed by atoms with Crippen molar-refractivity contribution in [2.75, 3.05) is 6.54 Å². The highest BCUT2D eigenvalue weighted by atomic mass is 14.9. The first-order chi connectivity index (χ1) is 3.30. The number of nitrogens with one attached hydrogen (secondary N) is 1. The Morgan fingerprint density at radius 2 is 2.14 bits per heavy atom. The van der Waals surface area contributed by atoms with Gasteiger partial charge in [-0.15, -0.1) is 0 Å². The fourth-order valence-corrected chi connectivity index (χ4v) is 0.990. The molecule has 1 nitrogen and oxygen atoms in total. The van der Waals surface area contributed by atoms with E-state index in [1.807, 2.05) is 0 Å². The van der Waals surface area contributed by atoms with Gasteiger partial charge in [0.15, 0.2) is 0 Å².